The molecule has 0 aliphatic rings. The Hall–Kier alpha value is -2.14. The van der Waals surface area contributed by atoms with Gasteiger partial charge in [-0.05, 0) is 24.4 Å². The van der Waals surface area contributed by atoms with Gasteiger partial charge in [0.1, 0.15) is 6.61 Å². The molecule has 0 bridgehead atoms. The van der Waals surface area contributed by atoms with Crippen LogP contribution in [0.1, 0.15) is 17.4 Å². The molecule has 2 aromatic rings. The molecule has 0 fully saturated rings. The summed E-state index contributed by atoms with van der Waals surface area (Å²) in [7, 11) is 0. The van der Waals surface area contributed by atoms with Gasteiger partial charge in [0.05, 0.1) is 6.10 Å². The summed E-state index contributed by atoms with van der Waals surface area (Å²) >= 11 is 0. The van der Waals surface area contributed by atoms with Crippen molar-refractivity contribution >= 4 is 16.7 Å². The van der Waals surface area contributed by atoms with Crippen molar-refractivity contribution in [1.29, 1.82) is 0 Å². The standard InChI is InChI=1S/C13H13NO4/c1-8(15)7-18-12-10-5-3-2-4-9(10)6-11(14-12)13(16)17/h2-6,8,15H,7H2,1H3,(H,16,17). The number of carboxylic acid groups (broad SMARTS) is 1. The Bertz CT molecular complexity index is 580. The maximum absolute atomic E-state index is 11.0. The van der Waals surface area contributed by atoms with Gasteiger partial charge in [-0.1, -0.05) is 18.2 Å². The summed E-state index contributed by atoms with van der Waals surface area (Å²) in [6.45, 7) is 1.66. The van der Waals surface area contributed by atoms with E-state index >= 15 is 0 Å². The van der Waals surface area contributed by atoms with E-state index in [1.807, 2.05) is 12.1 Å². The second-order valence-electron chi connectivity index (χ2n) is 4.00. The maximum Gasteiger partial charge on any atom is 0.354 e. The van der Waals surface area contributed by atoms with Crippen LogP contribution in [0.4, 0.5) is 0 Å². The Balaban J connectivity index is 2.50. The van der Waals surface area contributed by atoms with Crippen LogP contribution in [0.5, 0.6) is 5.88 Å². The summed E-state index contributed by atoms with van der Waals surface area (Å²) in [5.41, 5.74) is -0.0747. The fourth-order valence-electron chi connectivity index (χ4n) is 1.59. The topological polar surface area (TPSA) is 79.7 Å². The minimum absolute atomic E-state index is 0.0695. The molecule has 0 aliphatic heterocycles. The number of nitrogens with zero attached hydrogens (tertiary/aromatic N) is 1. The van der Waals surface area contributed by atoms with Crippen molar-refractivity contribution in [3.8, 4) is 5.88 Å². The maximum atomic E-state index is 11.0. The summed E-state index contributed by atoms with van der Waals surface area (Å²) in [5.74, 6) is -0.881. The van der Waals surface area contributed by atoms with E-state index in [0.29, 0.717) is 0 Å². The zero-order valence-corrected chi connectivity index (χ0v) is 9.83. The predicted molar refractivity (Wildman–Crippen MR) is 65.9 cm³/mol. The fourth-order valence-corrected chi connectivity index (χ4v) is 1.59. The minimum atomic E-state index is -1.11. The molecule has 0 saturated heterocycles. The molecule has 5 heteroatoms. The molecule has 1 atom stereocenters. The molecule has 0 amide bonds. The average Bonchev–Trinajstić information content (AvgIpc) is 2.35. The number of aliphatic hydroxyl groups excluding tert-OH is 1. The summed E-state index contributed by atoms with van der Waals surface area (Å²) in [6, 6.07) is 8.71. The highest BCUT2D eigenvalue weighted by Gasteiger charge is 2.12. The van der Waals surface area contributed by atoms with Crippen LogP contribution in [0.2, 0.25) is 0 Å². The van der Waals surface area contributed by atoms with Gasteiger partial charge in [0.15, 0.2) is 5.69 Å². The first-order valence-corrected chi connectivity index (χ1v) is 5.52. The van der Waals surface area contributed by atoms with Crippen molar-refractivity contribution in [2.45, 2.75) is 13.0 Å². The van der Waals surface area contributed by atoms with Crippen molar-refractivity contribution < 1.29 is 19.7 Å². The molecule has 0 aliphatic carbocycles. The van der Waals surface area contributed by atoms with Crippen LogP contribution in [0, 0.1) is 0 Å². The number of aromatic nitrogens is 1. The second-order valence-corrected chi connectivity index (χ2v) is 4.00. The first-order chi connectivity index (χ1) is 8.58. The van der Waals surface area contributed by atoms with Gasteiger partial charge in [-0.25, -0.2) is 9.78 Å². The van der Waals surface area contributed by atoms with E-state index in [-0.39, 0.29) is 18.2 Å². The highest BCUT2D eigenvalue weighted by Crippen LogP contribution is 2.24. The van der Waals surface area contributed by atoms with Crippen LogP contribution < -0.4 is 4.74 Å². The normalized spacial score (nSPS) is 12.3. The number of fused-ring (bicyclic) bond motifs is 1. The van der Waals surface area contributed by atoms with Crippen LogP contribution in [0.25, 0.3) is 10.8 Å². The molecule has 0 radical (unpaired) electrons. The number of hydrogen-bond acceptors (Lipinski definition) is 4. The summed E-state index contributed by atoms with van der Waals surface area (Å²) in [4.78, 5) is 14.9. The Morgan fingerprint density at radius 1 is 1.44 bits per heavy atom. The number of carboxylic acids is 1. The molecule has 1 aromatic carbocycles. The SMILES string of the molecule is CC(O)COc1nc(C(=O)O)cc2ccccc12. The van der Waals surface area contributed by atoms with Gasteiger partial charge in [0, 0.05) is 5.39 Å². The van der Waals surface area contributed by atoms with E-state index in [2.05, 4.69) is 4.98 Å². The third-order valence-electron chi connectivity index (χ3n) is 2.39. The van der Waals surface area contributed by atoms with E-state index in [0.717, 1.165) is 10.8 Å². The highest BCUT2D eigenvalue weighted by molar-refractivity contribution is 5.94. The molecular formula is C13H13NO4. The average molecular weight is 247 g/mol. The third kappa shape index (κ3) is 2.57. The number of rotatable bonds is 4. The molecule has 18 heavy (non-hydrogen) atoms. The van der Waals surface area contributed by atoms with Crippen molar-refractivity contribution in [1.82, 2.24) is 4.98 Å². The molecule has 1 aromatic heterocycles. The molecule has 2 N–H and O–H groups in total. The monoisotopic (exact) mass is 247 g/mol. The lowest BCUT2D eigenvalue weighted by atomic mass is 10.1. The van der Waals surface area contributed by atoms with E-state index in [1.54, 1.807) is 19.1 Å². The number of benzene rings is 1. The zero-order valence-electron chi connectivity index (χ0n) is 9.83. The quantitative estimate of drug-likeness (QED) is 0.859. The lowest BCUT2D eigenvalue weighted by Gasteiger charge is -2.10. The smallest absolute Gasteiger partial charge is 0.354 e. The molecule has 0 spiro atoms. The lowest BCUT2D eigenvalue weighted by Crippen LogP contribution is -2.14. The van der Waals surface area contributed by atoms with Crippen LogP contribution in [0.15, 0.2) is 30.3 Å². The van der Waals surface area contributed by atoms with Crippen LogP contribution in [-0.4, -0.2) is 33.9 Å². The van der Waals surface area contributed by atoms with Gasteiger partial charge >= 0.3 is 5.97 Å². The van der Waals surface area contributed by atoms with E-state index in [9.17, 15) is 9.90 Å². The van der Waals surface area contributed by atoms with Gasteiger partial charge in [0.2, 0.25) is 5.88 Å². The van der Waals surface area contributed by atoms with Crippen molar-refractivity contribution in [3.05, 3.63) is 36.0 Å². The lowest BCUT2D eigenvalue weighted by molar-refractivity contribution is 0.0688. The predicted octanol–water partition coefficient (Wildman–Crippen LogP) is 1.69. The van der Waals surface area contributed by atoms with Gasteiger partial charge in [-0.15, -0.1) is 0 Å². The largest absolute Gasteiger partial charge is 0.477 e. The Morgan fingerprint density at radius 3 is 2.83 bits per heavy atom. The molecule has 5 nitrogen and oxygen atoms in total. The first kappa shape index (κ1) is 12.3. The molecule has 1 unspecified atom stereocenters. The number of carbonyl (C=O) groups is 1. The fraction of sp³-hybridized carbons (Fsp3) is 0.231. The van der Waals surface area contributed by atoms with Gasteiger partial charge < -0.3 is 14.9 Å². The Labute approximate surface area is 104 Å². The summed E-state index contributed by atoms with van der Waals surface area (Å²) in [6.07, 6.45) is -0.640. The second kappa shape index (κ2) is 5.01. The van der Waals surface area contributed by atoms with E-state index in [4.69, 9.17) is 9.84 Å². The molecular weight excluding hydrogens is 234 g/mol. The molecule has 1 heterocycles. The van der Waals surface area contributed by atoms with Crippen molar-refractivity contribution in [2.75, 3.05) is 6.61 Å². The van der Waals surface area contributed by atoms with E-state index < -0.39 is 12.1 Å². The van der Waals surface area contributed by atoms with Gasteiger partial charge in [-0.2, -0.15) is 0 Å². The Morgan fingerprint density at radius 2 is 2.17 bits per heavy atom. The Kier molecular flexibility index (Phi) is 3.43. The first-order valence-electron chi connectivity index (χ1n) is 5.52. The number of aliphatic hydroxyl groups is 1. The van der Waals surface area contributed by atoms with Crippen molar-refractivity contribution in [2.24, 2.45) is 0 Å². The van der Waals surface area contributed by atoms with Crippen LogP contribution >= 0.6 is 0 Å². The third-order valence-corrected chi connectivity index (χ3v) is 2.39. The van der Waals surface area contributed by atoms with Crippen LogP contribution in [-0.2, 0) is 0 Å². The molecule has 2 rings (SSSR count). The zero-order chi connectivity index (χ0) is 13.1. The number of pyridine rings is 1. The van der Waals surface area contributed by atoms with Crippen molar-refractivity contribution in [3.63, 3.8) is 0 Å². The summed E-state index contributed by atoms with van der Waals surface area (Å²) in [5, 5.41) is 19.6. The number of aromatic carboxylic acids is 1. The van der Waals surface area contributed by atoms with E-state index in [1.165, 1.54) is 6.07 Å². The highest BCUT2D eigenvalue weighted by atomic mass is 16.5. The summed E-state index contributed by atoms with van der Waals surface area (Å²) < 4.78 is 5.35. The number of hydrogen-bond donors (Lipinski definition) is 2. The van der Waals surface area contributed by atoms with Gasteiger partial charge in [0.25, 0.3) is 0 Å². The van der Waals surface area contributed by atoms with Crippen LogP contribution in [0.3, 0.4) is 0 Å². The number of ether oxygens (including phenoxy) is 1. The molecule has 0 saturated carbocycles. The minimum Gasteiger partial charge on any atom is -0.477 e. The molecule has 94 valence electrons. The van der Waals surface area contributed by atoms with Gasteiger partial charge in [-0.3, -0.25) is 0 Å².